The number of rotatable bonds is 3. The average Bonchev–Trinajstić information content (AvgIpc) is 3.02. The van der Waals surface area contributed by atoms with Crippen LogP contribution in [-0.2, 0) is 11.3 Å². The van der Waals surface area contributed by atoms with Gasteiger partial charge >= 0.3 is 0 Å². The molecule has 0 saturated carbocycles. The Bertz CT molecular complexity index is 724. The average molecular weight is 312 g/mol. The van der Waals surface area contributed by atoms with Crippen LogP contribution >= 0.6 is 0 Å². The van der Waals surface area contributed by atoms with E-state index >= 15 is 0 Å². The van der Waals surface area contributed by atoms with Gasteiger partial charge in [-0.15, -0.1) is 5.10 Å². The quantitative estimate of drug-likeness (QED) is 0.871. The van der Waals surface area contributed by atoms with Crippen molar-refractivity contribution < 1.29 is 9.84 Å². The van der Waals surface area contributed by atoms with Crippen LogP contribution in [0.15, 0.2) is 18.5 Å². The van der Waals surface area contributed by atoms with Crippen molar-refractivity contribution in [2.24, 2.45) is 0 Å². The normalized spacial score (nSPS) is 17.6. The lowest BCUT2D eigenvalue weighted by Crippen LogP contribution is -2.24. The lowest BCUT2D eigenvalue weighted by molar-refractivity contribution is 0.00370. The summed E-state index contributed by atoms with van der Waals surface area (Å²) in [5.74, 6) is 5.47. The van der Waals surface area contributed by atoms with Crippen molar-refractivity contribution in [3.05, 3.63) is 29.6 Å². The third kappa shape index (κ3) is 3.95. The standard InChI is InChI=1S/C17H20N4O2/c1-13-9-14(5-4-7-22)10-18-17(13)16-12-21(20-19-16)11-15-6-2-3-8-23-15/h9-10,12,15,22H,2-3,6-8,11H2,1H3. The maximum absolute atomic E-state index is 8.74. The smallest absolute Gasteiger partial charge is 0.131 e. The molecule has 2 aromatic heterocycles. The fourth-order valence-corrected chi connectivity index (χ4v) is 2.71. The lowest BCUT2D eigenvalue weighted by atomic mass is 10.1. The fraction of sp³-hybridized carbons (Fsp3) is 0.471. The molecule has 3 rings (SSSR count). The van der Waals surface area contributed by atoms with E-state index in [4.69, 9.17) is 9.84 Å². The van der Waals surface area contributed by atoms with Gasteiger partial charge in [-0.1, -0.05) is 17.1 Å². The van der Waals surface area contributed by atoms with Crippen LogP contribution in [0.3, 0.4) is 0 Å². The van der Waals surface area contributed by atoms with Crippen molar-refractivity contribution in [3.63, 3.8) is 0 Å². The van der Waals surface area contributed by atoms with E-state index in [2.05, 4.69) is 27.1 Å². The maximum Gasteiger partial charge on any atom is 0.131 e. The molecule has 2 aromatic rings. The van der Waals surface area contributed by atoms with E-state index in [1.807, 2.05) is 23.9 Å². The van der Waals surface area contributed by atoms with Crippen LogP contribution in [0.5, 0.6) is 0 Å². The number of hydrogen-bond acceptors (Lipinski definition) is 5. The molecule has 1 aliphatic heterocycles. The van der Waals surface area contributed by atoms with Crippen LogP contribution < -0.4 is 0 Å². The highest BCUT2D eigenvalue weighted by Crippen LogP contribution is 2.20. The molecule has 0 aromatic carbocycles. The van der Waals surface area contributed by atoms with Gasteiger partial charge in [0.25, 0.3) is 0 Å². The zero-order valence-electron chi connectivity index (χ0n) is 13.2. The van der Waals surface area contributed by atoms with Crippen molar-refractivity contribution >= 4 is 0 Å². The molecule has 1 N–H and O–H groups in total. The molecule has 6 nitrogen and oxygen atoms in total. The van der Waals surface area contributed by atoms with Crippen molar-refractivity contribution in [2.75, 3.05) is 13.2 Å². The Morgan fingerprint density at radius 1 is 1.43 bits per heavy atom. The predicted molar refractivity (Wildman–Crippen MR) is 85.5 cm³/mol. The lowest BCUT2D eigenvalue weighted by Gasteiger charge is -2.21. The largest absolute Gasteiger partial charge is 0.384 e. The summed E-state index contributed by atoms with van der Waals surface area (Å²) in [6, 6.07) is 1.94. The zero-order chi connectivity index (χ0) is 16.1. The Morgan fingerprint density at radius 2 is 2.35 bits per heavy atom. The minimum Gasteiger partial charge on any atom is -0.384 e. The molecule has 0 amide bonds. The Hall–Kier alpha value is -2.23. The SMILES string of the molecule is Cc1cc(C#CCO)cnc1-c1cn(CC2CCCCO2)nn1. The number of pyridine rings is 1. The number of aliphatic hydroxyl groups excluding tert-OH is 1. The van der Waals surface area contributed by atoms with Crippen molar-refractivity contribution in [1.82, 2.24) is 20.0 Å². The first-order valence-corrected chi connectivity index (χ1v) is 7.85. The second-order valence-electron chi connectivity index (χ2n) is 5.66. The summed E-state index contributed by atoms with van der Waals surface area (Å²) in [5.41, 5.74) is 3.31. The van der Waals surface area contributed by atoms with Gasteiger partial charge in [0.1, 0.15) is 12.3 Å². The van der Waals surface area contributed by atoms with Gasteiger partial charge in [-0.2, -0.15) is 0 Å². The van der Waals surface area contributed by atoms with E-state index in [0.717, 1.165) is 48.5 Å². The third-order valence-electron chi connectivity index (χ3n) is 3.84. The van der Waals surface area contributed by atoms with Crippen molar-refractivity contribution in [1.29, 1.82) is 0 Å². The van der Waals surface area contributed by atoms with Gasteiger partial charge in [-0.05, 0) is 37.8 Å². The van der Waals surface area contributed by atoms with Crippen molar-refractivity contribution in [3.8, 4) is 23.2 Å². The molecule has 1 fully saturated rings. The Labute approximate surface area is 135 Å². The summed E-state index contributed by atoms with van der Waals surface area (Å²) in [6.07, 6.45) is 7.26. The summed E-state index contributed by atoms with van der Waals surface area (Å²) < 4.78 is 7.56. The van der Waals surface area contributed by atoms with Crippen LogP contribution in [0, 0.1) is 18.8 Å². The molecule has 0 radical (unpaired) electrons. The minimum absolute atomic E-state index is 0.154. The molecule has 0 aliphatic carbocycles. The first-order valence-electron chi connectivity index (χ1n) is 7.85. The first-order chi connectivity index (χ1) is 11.3. The summed E-state index contributed by atoms with van der Waals surface area (Å²) in [5, 5.41) is 17.2. The van der Waals surface area contributed by atoms with E-state index in [0.29, 0.717) is 0 Å². The molecule has 1 saturated heterocycles. The van der Waals surface area contributed by atoms with Crippen molar-refractivity contribution in [2.45, 2.75) is 38.8 Å². The first kappa shape index (κ1) is 15.7. The number of aromatic nitrogens is 4. The molecule has 0 spiro atoms. The summed E-state index contributed by atoms with van der Waals surface area (Å²) in [4.78, 5) is 4.43. The molecule has 6 heteroatoms. The number of nitrogens with zero attached hydrogens (tertiary/aromatic N) is 4. The minimum atomic E-state index is -0.154. The Morgan fingerprint density at radius 3 is 3.09 bits per heavy atom. The van der Waals surface area contributed by atoms with E-state index in [9.17, 15) is 0 Å². The van der Waals surface area contributed by atoms with Gasteiger partial charge in [0, 0.05) is 18.4 Å². The molecule has 120 valence electrons. The predicted octanol–water partition coefficient (Wildman–Crippen LogP) is 1.56. The monoisotopic (exact) mass is 312 g/mol. The van der Waals surface area contributed by atoms with E-state index in [-0.39, 0.29) is 12.7 Å². The van der Waals surface area contributed by atoms with Crippen LogP contribution in [0.2, 0.25) is 0 Å². The molecule has 23 heavy (non-hydrogen) atoms. The van der Waals surface area contributed by atoms with Gasteiger partial charge in [0.2, 0.25) is 0 Å². The van der Waals surface area contributed by atoms with Crippen LogP contribution in [0.1, 0.15) is 30.4 Å². The Balaban J connectivity index is 1.74. The molecule has 0 bridgehead atoms. The highest BCUT2D eigenvalue weighted by atomic mass is 16.5. The fourth-order valence-electron chi connectivity index (χ4n) is 2.71. The molecule has 3 heterocycles. The highest BCUT2D eigenvalue weighted by Gasteiger charge is 2.16. The molecule has 1 aliphatic rings. The van der Waals surface area contributed by atoms with Crippen LogP contribution in [0.4, 0.5) is 0 Å². The van der Waals surface area contributed by atoms with Gasteiger partial charge in [0.05, 0.1) is 24.5 Å². The zero-order valence-corrected chi connectivity index (χ0v) is 13.2. The Kier molecular flexibility index (Phi) is 5.01. The topological polar surface area (TPSA) is 73.1 Å². The number of aryl methyl sites for hydroxylation is 1. The number of ether oxygens (including phenoxy) is 1. The van der Waals surface area contributed by atoms with Crippen LogP contribution in [-0.4, -0.2) is 44.4 Å². The van der Waals surface area contributed by atoms with Gasteiger partial charge in [0.15, 0.2) is 0 Å². The van der Waals surface area contributed by atoms with E-state index in [1.165, 1.54) is 6.42 Å². The summed E-state index contributed by atoms with van der Waals surface area (Å²) in [7, 11) is 0. The second-order valence-corrected chi connectivity index (χ2v) is 5.66. The van der Waals surface area contributed by atoms with E-state index < -0.39 is 0 Å². The summed E-state index contributed by atoms with van der Waals surface area (Å²) >= 11 is 0. The molecular formula is C17H20N4O2. The number of aliphatic hydroxyl groups is 1. The second kappa shape index (κ2) is 7.36. The van der Waals surface area contributed by atoms with E-state index in [1.54, 1.807) is 6.20 Å². The molecular weight excluding hydrogens is 292 g/mol. The van der Waals surface area contributed by atoms with Gasteiger partial charge in [-0.3, -0.25) is 4.98 Å². The van der Waals surface area contributed by atoms with Crippen LogP contribution in [0.25, 0.3) is 11.4 Å². The highest BCUT2D eigenvalue weighted by molar-refractivity contribution is 5.58. The third-order valence-corrected chi connectivity index (χ3v) is 3.84. The molecule has 1 atom stereocenters. The number of hydrogen-bond donors (Lipinski definition) is 1. The summed E-state index contributed by atoms with van der Waals surface area (Å²) in [6.45, 7) is 3.38. The van der Waals surface area contributed by atoms with Gasteiger partial charge in [-0.25, -0.2) is 4.68 Å². The van der Waals surface area contributed by atoms with Gasteiger partial charge < -0.3 is 9.84 Å². The molecule has 1 unspecified atom stereocenters. The maximum atomic E-state index is 8.74.